The molecule has 1 fully saturated rings. The zero-order valence-corrected chi connectivity index (χ0v) is 12.1. The van der Waals surface area contributed by atoms with Crippen LogP contribution in [0.15, 0.2) is 12.2 Å². The summed E-state index contributed by atoms with van der Waals surface area (Å²) in [7, 11) is 0. The monoisotopic (exact) mass is 250 g/mol. The van der Waals surface area contributed by atoms with Crippen LogP contribution in [0.25, 0.3) is 0 Å². The van der Waals surface area contributed by atoms with E-state index in [0.29, 0.717) is 17.8 Å². The van der Waals surface area contributed by atoms with Gasteiger partial charge in [-0.15, -0.1) is 0 Å². The van der Waals surface area contributed by atoms with E-state index in [0.717, 1.165) is 25.7 Å². The first-order chi connectivity index (χ1) is 8.50. The zero-order chi connectivity index (χ0) is 13.3. The van der Waals surface area contributed by atoms with Crippen LogP contribution in [0.1, 0.15) is 53.4 Å². The van der Waals surface area contributed by atoms with E-state index < -0.39 is 0 Å². The molecule has 18 heavy (non-hydrogen) atoms. The highest BCUT2D eigenvalue weighted by Gasteiger charge is 2.43. The molecule has 5 unspecified atom stereocenters. The molecule has 2 rings (SSSR count). The van der Waals surface area contributed by atoms with Crippen LogP contribution >= 0.6 is 0 Å². The third-order valence-electron chi connectivity index (χ3n) is 5.27. The lowest BCUT2D eigenvalue weighted by atomic mass is 9.85. The summed E-state index contributed by atoms with van der Waals surface area (Å²) in [5, 5.41) is 0. The van der Waals surface area contributed by atoms with Gasteiger partial charge in [0.1, 0.15) is 5.60 Å². The van der Waals surface area contributed by atoms with Gasteiger partial charge in [0, 0.05) is 0 Å². The lowest BCUT2D eigenvalue weighted by Crippen LogP contribution is -2.40. The largest absolute Gasteiger partial charge is 0.459 e. The number of allylic oxidation sites excluding steroid dienone is 2. The number of carbonyl (C=O) groups is 1. The van der Waals surface area contributed by atoms with Crippen LogP contribution in [0.3, 0.4) is 0 Å². The minimum Gasteiger partial charge on any atom is -0.459 e. The second-order valence-electron chi connectivity index (χ2n) is 6.28. The van der Waals surface area contributed by atoms with E-state index in [4.69, 9.17) is 4.74 Å². The number of hydrogen-bond acceptors (Lipinski definition) is 2. The SMILES string of the molecule is CCC(C)C(C)(CC)OC(=O)C1CC2C=CC1C2. The van der Waals surface area contributed by atoms with Crippen LogP contribution in [-0.2, 0) is 9.53 Å². The van der Waals surface area contributed by atoms with Gasteiger partial charge in [-0.1, -0.05) is 32.9 Å². The van der Waals surface area contributed by atoms with Gasteiger partial charge in [-0.25, -0.2) is 0 Å². The van der Waals surface area contributed by atoms with Crippen molar-refractivity contribution >= 4 is 5.97 Å². The summed E-state index contributed by atoms with van der Waals surface area (Å²) in [6, 6.07) is 0. The third-order valence-corrected chi connectivity index (χ3v) is 5.27. The average Bonchev–Trinajstić information content (AvgIpc) is 2.99. The highest BCUT2D eigenvalue weighted by molar-refractivity contribution is 5.74. The van der Waals surface area contributed by atoms with Gasteiger partial charge in [-0.3, -0.25) is 4.79 Å². The summed E-state index contributed by atoms with van der Waals surface area (Å²) in [4.78, 5) is 12.4. The van der Waals surface area contributed by atoms with Crippen molar-refractivity contribution in [2.45, 2.75) is 59.0 Å². The van der Waals surface area contributed by atoms with Gasteiger partial charge >= 0.3 is 5.97 Å². The molecule has 0 aliphatic heterocycles. The first kappa shape index (κ1) is 13.6. The predicted octanol–water partition coefficient (Wildman–Crippen LogP) is 3.96. The fourth-order valence-electron chi connectivity index (χ4n) is 3.31. The normalized spacial score (nSPS) is 34.3. The molecule has 5 atom stereocenters. The lowest BCUT2D eigenvalue weighted by Gasteiger charge is -2.35. The maximum absolute atomic E-state index is 12.4. The molecule has 0 saturated heterocycles. The Morgan fingerprint density at radius 3 is 2.56 bits per heavy atom. The molecule has 0 aromatic carbocycles. The fraction of sp³-hybridized carbons (Fsp3) is 0.812. The second kappa shape index (κ2) is 5.07. The molecular weight excluding hydrogens is 224 g/mol. The van der Waals surface area contributed by atoms with Gasteiger partial charge in [0.2, 0.25) is 0 Å². The average molecular weight is 250 g/mol. The van der Waals surface area contributed by atoms with Crippen LogP contribution < -0.4 is 0 Å². The molecule has 2 heteroatoms. The topological polar surface area (TPSA) is 26.3 Å². The molecule has 102 valence electrons. The van der Waals surface area contributed by atoms with E-state index in [9.17, 15) is 4.79 Å². The molecule has 0 N–H and O–H groups in total. The molecule has 1 saturated carbocycles. The minimum absolute atomic E-state index is 0.0384. The summed E-state index contributed by atoms with van der Waals surface area (Å²) >= 11 is 0. The van der Waals surface area contributed by atoms with Gasteiger partial charge in [0.05, 0.1) is 5.92 Å². The quantitative estimate of drug-likeness (QED) is 0.545. The molecular formula is C16H26O2. The van der Waals surface area contributed by atoms with Gasteiger partial charge < -0.3 is 4.74 Å². The van der Waals surface area contributed by atoms with E-state index in [1.54, 1.807) is 0 Å². The Hall–Kier alpha value is -0.790. The van der Waals surface area contributed by atoms with Crippen molar-refractivity contribution in [3.05, 3.63) is 12.2 Å². The van der Waals surface area contributed by atoms with Crippen molar-refractivity contribution in [2.75, 3.05) is 0 Å². The molecule has 2 nitrogen and oxygen atoms in total. The van der Waals surface area contributed by atoms with E-state index in [2.05, 4.69) is 39.8 Å². The molecule has 2 aliphatic rings. The van der Waals surface area contributed by atoms with Crippen LogP contribution in [0, 0.1) is 23.7 Å². The maximum Gasteiger partial charge on any atom is 0.310 e. The van der Waals surface area contributed by atoms with Gasteiger partial charge in [0.15, 0.2) is 0 Å². The molecule has 0 aromatic heterocycles. The third kappa shape index (κ3) is 2.34. The Balaban J connectivity index is 2.00. The molecule has 2 aliphatic carbocycles. The molecule has 0 heterocycles. The van der Waals surface area contributed by atoms with E-state index in [-0.39, 0.29) is 17.5 Å². The number of rotatable bonds is 5. The first-order valence-corrected chi connectivity index (χ1v) is 7.41. The maximum atomic E-state index is 12.4. The zero-order valence-electron chi connectivity index (χ0n) is 12.1. The summed E-state index contributed by atoms with van der Waals surface area (Å²) < 4.78 is 5.90. The van der Waals surface area contributed by atoms with E-state index >= 15 is 0 Å². The highest BCUT2D eigenvalue weighted by atomic mass is 16.6. The van der Waals surface area contributed by atoms with Crippen LogP contribution in [0.5, 0.6) is 0 Å². The molecule has 0 spiro atoms. The van der Waals surface area contributed by atoms with Crippen molar-refractivity contribution in [2.24, 2.45) is 23.7 Å². The Labute approximate surface area is 111 Å². The van der Waals surface area contributed by atoms with Crippen LogP contribution in [0.4, 0.5) is 0 Å². The smallest absolute Gasteiger partial charge is 0.310 e. The standard InChI is InChI=1S/C16H26O2/c1-5-11(3)16(4,6-2)18-15(17)14-10-12-7-8-13(14)9-12/h7-8,11-14H,5-6,9-10H2,1-4H3. The minimum atomic E-state index is -0.294. The Morgan fingerprint density at radius 1 is 1.39 bits per heavy atom. The van der Waals surface area contributed by atoms with Gasteiger partial charge in [-0.05, 0) is 50.4 Å². The summed E-state index contributed by atoms with van der Waals surface area (Å²) in [6.45, 7) is 8.53. The fourth-order valence-corrected chi connectivity index (χ4v) is 3.31. The lowest BCUT2D eigenvalue weighted by molar-refractivity contribution is -0.170. The number of esters is 1. The number of hydrogen-bond donors (Lipinski definition) is 0. The summed E-state index contributed by atoms with van der Waals surface area (Å²) in [6.07, 6.45) is 8.58. The van der Waals surface area contributed by atoms with Crippen molar-refractivity contribution in [3.8, 4) is 0 Å². The summed E-state index contributed by atoms with van der Waals surface area (Å²) in [5.41, 5.74) is -0.294. The highest BCUT2D eigenvalue weighted by Crippen LogP contribution is 2.44. The predicted molar refractivity (Wildman–Crippen MR) is 73.1 cm³/mol. The van der Waals surface area contributed by atoms with Crippen molar-refractivity contribution < 1.29 is 9.53 Å². The van der Waals surface area contributed by atoms with Crippen molar-refractivity contribution in [1.29, 1.82) is 0 Å². The van der Waals surface area contributed by atoms with Crippen molar-refractivity contribution in [1.82, 2.24) is 0 Å². The second-order valence-corrected chi connectivity index (χ2v) is 6.28. The molecule has 0 amide bonds. The van der Waals surface area contributed by atoms with E-state index in [1.807, 2.05) is 0 Å². The van der Waals surface area contributed by atoms with Crippen molar-refractivity contribution in [3.63, 3.8) is 0 Å². The molecule has 0 radical (unpaired) electrons. The van der Waals surface area contributed by atoms with E-state index in [1.165, 1.54) is 0 Å². The molecule has 0 aromatic rings. The Morgan fingerprint density at radius 2 is 2.11 bits per heavy atom. The Bertz CT molecular complexity index is 347. The van der Waals surface area contributed by atoms with Crippen LogP contribution in [-0.4, -0.2) is 11.6 Å². The molecule has 2 bridgehead atoms. The number of fused-ring (bicyclic) bond motifs is 2. The van der Waals surface area contributed by atoms with Crippen LogP contribution in [0.2, 0.25) is 0 Å². The Kier molecular flexibility index (Phi) is 3.84. The van der Waals surface area contributed by atoms with Gasteiger partial charge in [0.25, 0.3) is 0 Å². The number of carbonyl (C=O) groups excluding carboxylic acids is 1. The summed E-state index contributed by atoms with van der Waals surface area (Å²) in [5.74, 6) is 1.65. The first-order valence-electron chi connectivity index (χ1n) is 7.41. The number of ether oxygens (including phenoxy) is 1. The van der Waals surface area contributed by atoms with Gasteiger partial charge in [-0.2, -0.15) is 0 Å².